The van der Waals surface area contributed by atoms with E-state index in [1.54, 1.807) is 0 Å². The zero-order valence-electron chi connectivity index (χ0n) is 16.2. The fraction of sp³-hybridized carbons (Fsp3) is 0.636. The number of likely N-dealkylation sites (tertiary alicyclic amines) is 1. The third-order valence-corrected chi connectivity index (χ3v) is 6.06. The predicted molar refractivity (Wildman–Crippen MR) is 103 cm³/mol. The molecule has 0 radical (unpaired) electrons. The lowest BCUT2D eigenvalue weighted by Crippen LogP contribution is -2.45. The molecule has 3 rings (SSSR count). The maximum absolute atomic E-state index is 12.8. The van der Waals surface area contributed by atoms with Gasteiger partial charge in [-0.3, -0.25) is 9.59 Å². The first kappa shape index (κ1) is 18.9. The van der Waals surface area contributed by atoms with Gasteiger partial charge in [0.05, 0.1) is 5.54 Å². The van der Waals surface area contributed by atoms with Crippen LogP contribution in [0, 0.1) is 11.8 Å². The average Bonchev–Trinajstić information content (AvgIpc) is 3.12. The monoisotopic (exact) mass is 356 g/mol. The molecular weight excluding hydrogens is 324 g/mol. The van der Waals surface area contributed by atoms with Crippen molar-refractivity contribution < 1.29 is 9.59 Å². The van der Waals surface area contributed by atoms with Crippen molar-refractivity contribution in [1.29, 1.82) is 0 Å². The number of rotatable bonds is 5. The molecule has 2 fully saturated rings. The molecule has 0 bridgehead atoms. The Hall–Kier alpha value is -1.84. The summed E-state index contributed by atoms with van der Waals surface area (Å²) in [5.41, 5.74) is 1.07. The van der Waals surface area contributed by atoms with Crippen molar-refractivity contribution in [2.75, 3.05) is 13.1 Å². The third kappa shape index (κ3) is 4.28. The van der Waals surface area contributed by atoms with Crippen molar-refractivity contribution in [3.8, 4) is 0 Å². The van der Waals surface area contributed by atoms with E-state index in [0.717, 1.165) is 38.8 Å². The highest BCUT2D eigenvalue weighted by atomic mass is 16.2. The molecule has 0 spiro atoms. The second-order valence-corrected chi connectivity index (χ2v) is 8.33. The first-order chi connectivity index (χ1) is 12.5. The van der Waals surface area contributed by atoms with E-state index in [1.807, 2.05) is 24.8 Å². The lowest BCUT2D eigenvalue weighted by atomic mass is 9.87. The highest BCUT2D eigenvalue weighted by Gasteiger charge is 2.37. The second kappa shape index (κ2) is 8.24. The van der Waals surface area contributed by atoms with Crippen LogP contribution in [0.5, 0.6) is 0 Å². The number of hydrogen-bond acceptors (Lipinski definition) is 2. The first-order valence-corrected chi connectivity index (χ1v) is 10.2. The molecule has 0 aromatic heterocycles. The normalized spacial score (nSPS) is 20.3. The molecule has 4 heteroatoms. The van der Waals surface area contributed by atoms with Crippen LogP contribution in [0.15, 0.2) is 30.3 Å². The minimum atomic E-state index is -0.174. The molecule has 1 N–H and O–H groups in total. The molecule has 142 valence electrons. The summed E-state index contributed by atoms with van der Waals surface area (Å²) in [4.78, 5) is 26.8. The molecule has 2 amide bonds. The number of benzene rings is 1. The summed E-state index contributed by atoms with van der Waals surface area (Å²) in [6.07, 6.45) is 6.86. The molecule has 1 aliphatic carbocycles. The number of carbonyl (C=O) groups is 2. The van der Waals surface area contributed by atoms with Crippen molar-refractivity contribution in [3.63, 3.8) is 0 Å². The maximum Gasteiger partial charge on any atom is 0.225 e. The summed E-state index contributed by atoms with van der Waals surface area (Å²) in [5.74, 6) is 0.856. The van der Waals surface area contributed by atoms with Crippen LogP contribution in [0.4, 0.5) is 0 Å². The van der Waals surface area contributed by atoms with E-state index >= 15 is 0 Å². The summed E-state index contributed by atoms with van der Waals surface area (Å²) in [6.45, 7) is 5.48. The van der Waals surface area contributed by atoms with Crippen molar-refractivity contribution >= 4 is 11.8 Å². The van der Waals surface area contributed by atoms with E-state index in [0.29, 0.717) is 12.3 Å². The molecule has 2 aliphatic rings. The smallest absolute Gasteiger partial charge is 0.225 e. The fourth-order valence-corrected chi connectivity index (χ4v) is 4.52. The zero-order chi connectivity index (χ0) is 18.6. The van der Waals surface area contributed by atoms with Crippen molar-refractivity contribution in [3.05, 3.63) is 35.9 Å². The van der Waals surface area contributed by atoms with E-state index in [2.05, 4.69) is 29.6 Å². The Bertz CT molecular complexity index is 612. The Morgan fingerprint density at radius 2 is 1.73 bits per heavy atom. The summed E-state index contributed by atoms with van der Waals surface area (Å²) < 4.78 is 0. The Labute approximate surface area is 157 Å². The van der Waals surface area contributed by atoms with Crippen molar-refractivity contribution in [2.24, 2.45) is 11.8 Å². The van der Waals surface area contributed by atoms with E-state index in [-0.39, 0.29) is 23.3 Å². The van der Waals surface area contributed by atoms with Crippen LogP contribution in [-0.4, -0.2) is 29.8 Å². The molecule has 1 aromatic carbocycles. The van der Waals surface area contributed by atoms with Gasteiger partial charge in [-0.2, -0.15) is 0 Å². The summed E-state index contributed by atoms with van der Waals surface area (Å²) in [6, 6.07) is 10.4. The lowest BCUT2D eigenvalue weighted by molar-refractivity contribution is -0.136. The van der Waals surface area contributed by atoms with Gasteiger partial charge < -0.3 is 10.2 Å². The molecule has 1 heterocycles. The minimum Gasteiger partial charge on any atom is -0.347 e. The Balaban J connectivity index is 1.55. The molecule has 1 aliphatic heterocycles. The topological polar surface area (TPSA) is 49.4 Å². The van der Waals surface area contributed by atoms with Crippen LogP contribution < -0.4 is 5.32 Å². The van der Waals surface area contributed by atoms with Gasteiger partial charge in [-0.15, -0.1) is 0 Å². The van der Waals surface area contributed by atoms with Gasteiger partial charge in [0.15, 0.2) is 0 Å². The van der Waals surface area contributed by atoms with Gasteiger partial charge in [0.2, 0.25) is 11.8 Å². The molecule has 26 heavy (non-hydrogen) atoms. The maximum atomic E-state index is 12.8. The quantitative estimate of drug-likeness (QED) is 0.871. The minimum absolute atomic E-state index is 0.0583. The van der Waals surface area contributed by atoms with Gasteiger partial charge in [0.25, 0.3) is 0 Å². The number of nitrogens with zero attached hydrogens (tertiary/aromatic N) is 1. The highest BCUT2D eigenvalue weighted by Crippen LogP contribution is 2.39. The largest absolute Gasteiger partial charge is 0.347 e. The first-order valence-electron chi connectivity index (χ1n) is 10.2. The molecule has 1 saturated heterocycles. The summed E-state index contributed by atoms with van der Waals surface area (Å²) in [7, 11) is 0. The summed E-state index contributed by atoms with van der Waals surface area (Å²) in [5, 5.41) is 3.39. The highest BCUT2D eigenvalue weighted by molar-refractivity contribution is 5.79. The van der Waals surface area contributed by atoms with Crippen molar-refractivity contribution in [2.45, 2.75) is 64.3 Å². The Morgan fingerprint density at radius 1 is 1.12 bits per heavy atom. The molecule has 0 atom stereocenters. The molecule has 1 saturated carbocycles. The van der Waals surface area contributed by atoms with Gasteiger partial charge in [-0.1, -0.05) is 57.0 Å². The van der Waals surface area contributed by atoms with Crippen LogP contribution in [0.3, 0.4) is 0 Å². The van der Waals surface area contributed by atoms with Crippen LogP contribution in [0.2, 0.25) is 0 Å². The molecular formula is C22H32N2O2. The molecule has 1 aromatic rings. The Kier molecular flexibility index (Phi) is 6.00. The van der Waals surface area contributed by atoms with Gasteiger partial charge in [-0.05, 0) is 37.2 Å². The van der Waals surface area contributed by atoms with Crippen LogP contribution in [0.1, 0.15) is 64.4 Å². The number of carbonyl (C=O) groups excluding carboxylic acids is 2. The third-order valence-electron chi connectivity index (χ3n) is 6.06. The predicted octanol–water partition coefficient (Wildman–Crippen LogP) is 3.86. The number of hydrogen-bond donors (Lipinski definition) is 1. The van der Waals surface area contributed by atoms with E-state index in [9.17, 15) is 9.59 Å². The lowest BCUT2D eigenvalue weighted by Gasteiger charge is -2.35. The average molecular weight is 357 g/mol. The van der Waals surface area contributed by atoms with E-state index in [1.165, 1.54) is 18.4 Å². The van der Waals surface area contributed by atoms with Crippen LogP contribution in [-0.2, 0) is 15.1 Å². The molecule has 4 nitrogen and oxygen atoms in total. The number of piperidine rings is 1. The van der Waals surface area contributed by atoms with E-state index < -0.39 is 0 Å². The van der Waals surface area contributed by atoms with Gasteiger partial charge in [-0.25, -0.2) is 0 Å². The standard InChI is InChI=1S/C22H32N2O2/c1-17(2)21(26)24-14-10-18(11-15-24)16-20(25)23-22(12-6-7-13-22)19-8-4-3-5-9-19/h3-5,8-9,17-18H,6-7,10-16H2,1-2H3,(H,23,25). The fourth-order valence-electron chi connectivity index (χ4n) is 4.52. The molecule has 0 unspecified atom stereocenters. The van der Waals surface area contributed by atoms with Crippen LogP contribution >= 0.6 is 0 Å². The number of nitrogens with one attached hydrogen (secondary N) is 1. The Morgan fingerprint density at radius 3 is 2.31 bits per heavy atom. The SMILES string of the molecule is CC(C)C(=O)N1CCC(CC(=O)NC2(c3ccccc3)CCCC2)CC1. The zero-order valence-corrected chi connectivity index (χ0v) is 16.2. The van der Waals surface area contributed by atoms with Gasteiger partial charge in [0, 0.05) is 25.4 Å². The van der Waals surface area contributed by atoms with Gasteiger partial charge in [0.1, 0.15) is 0 Å². The van der Waals surface area contributed by atoms with Crippen molar-refractivity contribution in [1.82, 2.24) is 10.2 Å². The van der Waals surface area contributed by atoms with E-state index in [4.69, 9.17) is 0 Å². The second-order valence-electron chi connectivity index (χ2n) is 8.33. The summed E-state index contributed by atoms with van der Waals surface area (Å²) >= 11 is 0. The number of amides is 2. The van der Waals surface area contributed by atoms with Gasteiger partial charge >= 0.3 is 0 Å². The van der Waals surface area contributed by atoms with Crippen LogP contribution in [0.25, 0.3) is 0 Å².